The maximum atomic E-state index is 12.4. The normalized spacial score (nSPS) is 18.5. The van der Waals surface area contributed by atoms with E-state index in [2.05, 4.69) is 5.32 Å². The Kier molecular flexibility index (Phi) is 5.84. The number of piperidine rings is 1. The van der Waals surface area contributed by atoms with Gasteiger partial charge in [0.25, 0.3) is 0 Å². The second-order valence-electron chi connectivity index (χ2n) is 7.12. The van der Waals surface area contributed by atoms with Crippen LogP contribution in [0.15, 0.2) is 18.2 Å². The summed E-state index contributed by atoms with van der Waals surface area (Å²) in [4.78, 5) is 28.5. The highest BCUT2D eigenvalue weighted by molar-refractivity contribution is 6.31. The number of nitrogens with zero attached hydrogens (tertiary/aromatic N) is 2. The number of likely N-dealkylation sites (tertiary alicyclic amines) is 2. The molecular weight excluding hydrogens is 338 g/mol. The summed E-state index contributed by atoms with van der Waals surface area (Å²) in [7, 11) is 0. The number of amides is 3. The lowest BCUT2D eigenvalue weighted by Crippen LogP contribution is -2.42. The van der Waals surface area contributed by atoms with Crippen molar-refractivity contribution in [1.82, 2.24) is 9.80 Å². The van der Waals surface area contributed by atoms with E-state index in [0.717, 1.165) is 44.3 Å². The lowest BCUT2D eigenvalue weighted by molar-refractivity contribution is -0.131. The smallest absolute Gasteiger partial charge is 0.321 e. The van der Waals surface area contributed by atoms with Gasteiger partial charge in [-0.15, -0.1) is 0 Å². The van der Waals surface area contributed by atoms with Gasteiger partial charge in [0.15, 0.2) is 0 Å². The average Bonchev–Trinajstić information content (AvgIpc) is 3.13. The highest BCUT2D eigenvalue weighted by Gasteiger charge is 2.27. The first-order valence-electron chi connectivity index (χ1n) is 9.13. The number of benzene rings is 1. The molecule has 1 aromatic rings. The lowest BCUT2D eigenvalue weighted by atomic mass is 9.93. The molecule has 1 N–H and O–H groups in total. The zero-order valence-electron chi connectivity index (χ0n) is 14.8. The number of aryl methyl sites for hydroxylation is 1. The van der Waals surface area contributed by atoms with Crippen LogP contribution >= 0.6 is 11.6 Å². The van der Waals surface area contributed by atoms with E-state index in [-0.39, 0.29) is 11.9 Å². The molecule has 2 saturated heterocycles. The third-order valence-corrected chi connectivity index (χ3v) is 5.65. The number of nitrogens with one attached hydrogen (secondary N) is 1. The number of hydrogen-bond donors (Lipinski definition) is 1. The van der Waals surface area contributed by atoms with Gasteiger partial charge in [-0.05, 0) is 56.2 Å². The van der Waals surface area contributed by atoms with Gasteiger partial charge in [-0.2, -0.15) is 0 Å². The molecule has 3 amide bonds. The third-order valence-electron chi connectivity index (χ3n) is 5.25. The number of hydrogen-bond acceptors (Lipinski definition) is 2. The summed E-state index contributed by atoms with van der Waals surface area (Å²) in [5, 5.41) is 3.56. The monoisotopic (exact) mass is 363 g/mol. The van der Waals surface area contributed by atoms with Crippen LogP contribution in [0, 0.1) is 12.8 Å². The lowest BCUT2D eigenvalue weighted by Gasteiger charge is -2.32. The fourth-order valence-corrected chi connectivity index (χ4v) is 3.74. The van der Waals surface area contributed by atoms with E-state index >= 15 is 0 Å². The van der Waals surface area contributed by atoms with Crippen LogP contribution in [-0.2, 0) is 4.79 Å². The molecule has 1 aromatic carbocycles. The predicted octanol–water partition coefficient (Wildman–Crippen LogP) is 3.90. The molecule has 2 aliphatic rings. The van der Waals surface area contributed by atoms with Gasteiger partial charge in [0, 0.05) is 43.3 Å². The van der Waals surface area contributed by atoms with Crippen molar-refractivity contribution in [2.75, 3.05) is 31.5 Å². The standard InChI is InChI=1S/C19H26ClN3O2/c1-14-4-5-16(13-17(14)20)21-19(25)23-10-6-15(7-11-23)12-18(24)22-8-2-3-9-22/h4-5,13,15H,2-3,6-12H2,1H3,(H,21,25). The molecule has 0 atom stereocenters. The van der Waals surface area contributed by atoms with Crippen LogP contribution < -0.4 is 5.32 Å². The molecule has 0 spiro atoms. The van der Waals surface area contributed by atoms with Crippen LogP contribution in [0.3, 0.4) is 0 Å². The van der Waals surface area contributed by atoms with E-state index in [1.807, 2.05) is 28.9 Å². The van der Waals surface area contributed by atoms with Crippen molar-refractivity contribution in [3.63, 3.8) is 0 Å². The molecule has 2 heterocycles. The van der Waals surface area contributed by atoms with Gasteiger partial charge >= 0.3 is 6.03 Å². The van der Waals surface area contributed by atoms with Gasteiger partial charge in [-0.3, -0.25) is 4.79 Å². The molecule has 0 bridgehead atoms. The van der Waals surface area contributed by atoms with E-state index in [1.165, 1.54) is 0 Å². The maximum Gasteiger partial charge on any atom is 0.321 e. The van der Waals surface area contributed by atoms with E-state index < -0.39 is 0 Å². The summed E-state index contributed by atoms with van der Waals surface area (Å²) in [6, 6.07) is 5.44. The van der Waals surface area contributed by atoms with Crippen LogP contribution in [0.25, 0.3) is 0 Å². The highest BCUT2D eigenvalue weighted by atomic mass is 35.5. The minimum atomic E-state index is -0.0933. The van der Waals surface area contributed by atoms with E-state index in [1.54, 1.807) is 6.07 Å². The van der Waals surface area contributed by atoms with E-state index in [0.29, 0.717) is 36.1 Å². The Balaban J connectivity index is 1.45. The van der Waals surface area contributed by atoms with Crippen molar-refractivity contribution in [2.24, 2.45) is 5.92 Å². The Morgan fingerprint density at radius 3 is 2.44 bits per heavy atom. The minimum Gasteiger partial charge on any atom is -0.343 e. The van der Waals surface area contributed by atoms with E-state index in [9.17, 15) is 9.59 Å². The first-order valence-corrected chi connectivity index (χ1v) is 9.50. The SMILES string of the molecule is Cc1ccc(NC(=O)N2CCC(CC(=O)N3CCCC3)CC2)cc1Cl. The molecule has 6 heteroatoms. The molecular formula is C19H26ClN3O2. The maximum absolute atomic E-state index is 12.4. The summed E-state index contributed by atoms with van der Waals surface area (Å²) in [5.41, 5.74) is 1.70. The fraction of sp³-hybridized carbons (Fsp3) is 0.579. The van der Waals surface area contributed by atoms with Crippen LogP contribution in [0.4, 0.5) is 10.5 Å². The Hall–Kier alpha value is -1.75. The van der Waals surface area contributed by atoms with Gasteiger partial charge < -0.3 is 15.1 Å². The molecule has 3 rings (SSSR count). The highest BCUT2D eigenvalue weighted by Crippen LogP contribution is 2.24. The topological polar surface area (TPSA) is 52.7 Å². The first-order chi connectivity index (χ1) is 12.0. The Morgan fingerprint density at radius 2 is 1.80 bits per heavy atom. The summed E-state index contributed by atoms with van der Waals surface area (Å²) in [6.45, 7) is 5.16. The van der Waals surface area contributed by atoms with Gasteiger partial charge in [0.05, 0.1) is 0 Å². The fourth-order valence-electron chi connectivity index (χ4n) is 3.56. The van der Waals surface area contributed by atoms with Crippen molar-refractivity contribution in [3.05, 3.63) is 28.8 Å². The molecule has 2 aliphatic heterocycles. The molecule has 5 nitrogen and oxygen atoms in total. The molecule has 0 unspecified atom stereocenters. The Labute approximate surface area is 154 Å². The predicted molar refractivity (Wildman–Crippen MR) is 99.9 cm³/mol. The van der Waals surface area contributed by atoms with Crippen molar-refractivity contribution < 1.29 is 9.59 Å². The van der Waals surface area contributed by atoms with E-state index in [4.69, 9.17) is 11.6 Å². The summed E-state index contributed by atoms with van der Waals surface area (Å²) < 4.78 is 0. The zero-order valence-corrected chi connectivity index (χ0v) is 15.5. The Morgan fingerprint density at radius 1 is 1.12 bits per heavy atom. The number of carbonyl (C=O) groups is 2. The van der Waals surface area contributed by atoms with Crippen LogP contribution in [0.5, 0.6) is 0 Å². The third kappa shape index (κ3) is 4.66. The largest absolute Gasteiger partial charge is 0.343 e. The number of rotatable bonds is 3. The van der Waals surface area contributed by atoms with Crippen LogP contribution in [0.1, 0.15) is 37.7 Å². The van der Waals surface area contributed by atoms with Crippen molar-refractivity contribution in [3.8, 4) is 0 Å². The molecule has 0 aromatic heterocycles. The molecule has 0 radical (unpaired) electrons. The number of anilines is 1. The van der Waals surface area contributed by atoms with Gasteiger partial charge in [-0.25, -0.2) is 4.79 Å². The van der Waals surface area contributed by atoms with Crippen molar-refractivity contribution in [2.45, 2.75) is 39.0 Å². The first kappa shape index (κ1) is 18.1. The summed E-state index contributed by atoms with van der Waals surface area (Å²) >= 11 is 6.10. The molecule has 25 heavy (non-hydrogen) atoms. The van der Waals surface area contributed by atoms with Crippen LogP contribution in [0.2, 0.25) is 5.02 Å². The molecule has 2 fully saturated rings. The summed E-state index contributed by atoms with van der Waals surface area (Å²) in [5.74, 6) is 0.681. The number of urea groups is 1. The minimum absolute atomic E-state index is 0.0933. The quantitative estimate of drug-likeness (QED) is 0.885. The second kappa shape index (κ2) is 8.09. The van der Waals surface area contributed by atoms with Crippen molar-refractivity contribution in [1.29, 1.82) is 0 Å². The van der Waals surface area contributed by atoms with Gasteiger partial charge in [0.2, 0.25) is 5.91 Å². The molecule has 0 saturated carbocycles. The van der Waals surface area contributed by atoms with Crippen LogP contribution in [-0.4, -0.2) is 47.9 Å². The number of halogens is 1. The van der Waals surface area contributed by atoms with Gasteiger partial charge in [-0.1, -0.05) is 17.7 Å². The van der Waals surface area contributed by atoms with Crippen molar-refractivity contribution >= 4 is 29.2 Å². The van der Waals surface area contributed by atoms with Gasteiger partial charge in [0.1, 0.15) is 0 Å². The zero-order chi connectivity index (χ0) is 17.8. The molecule has 136 valence electrons. The average molecular weight is 364 g/mol. The summed E-state index contributed by atoms with van der Waals surface area (Å²) in [6.07, 6.45) is 4.67. The molecule has 0 aliphatic carbocycles. The second-order valence-corrected chi connectivity index (χ2v) is 7.52. The Bertz CT molecular complexity index is 636. The number of carbonyl (C=O) groups excluding carboxylic acids is 2.